The molecule has 0 aromatic heterocycles. The molecular formula is C15H18O3. The van der Waals surface area contributed by atoms with Crippen molar-refractivity contribution in [2.45, 2.75) is 38.0 Å². The minimum absolute atomic E-state index is 0.175. The number of rotatable bonds is 4. The highest BCUT2D eigenvalue weighted by Gasteiger charge is 2.29. The molecule has 0 radical (unpaired) electrons. The van der Waals surface area contributed by atoms with Crippen LogP contribution in [0.2, 0.25) is 0 Å². The largest absolute Gasteiger partial charge is 0.476 e. The van der Waals surface area contributed by atoms with Gasteiger partial charge in [0.15, 0.2) is 0 Å². The van der Waals surface area contributed by atoms with E-state index in [1.807, 2.05) is 18.2 Å². The summed E-state index contributed by atoms with van der Waals surface area (Å²) in [6.07, 6.45) is 4.45. The first-order chi connectivity index (χ1) is 8.68. The summed E-state index contributed by atoms with van der Waals surface area (Å²) in [6.45, 7) is 0. The summed E-state index contributed by atoms with van der Waals surface area (Å²) < 4.78 is 0. The smallest absolute Gasteiger partial charge is 0.372 e. The van der Waals surface area contributed by atoms with Crippen LogP contribution in [0, 0.1) is 5.92 Å². The van der Waals surface area contributed by atoms with Crippen LogP contribution in [0.25, 0.3) is 0 Å². The van der Waals surface area contributed by atoms with E-state index in [0.29, 0.717) is 5.92 Å². The summed E-state index contributed by atoms with van der Waals surface area (Å²) in [7, 11) is 0. The summed E-state index contributed by atoms with van der Waals surface area (Å²) >= 11 is 0. The van der Waals surface area contributed by atoms with Gasteiger partial charge in [-0.25, -0.2) is 4.79 Å². The van der Waals surface area contributed by atoms with Gasteiger partial charge in [0.1, 0.15) is 0 Å². The third-order valence-corrected chi connectivity index (χ3v) is 3.82. The van der Waals surface area contributed by atoms with Crippen molar-refractivity contribution in [3.63, 3.8) is 0 Å². The summed E-state index contributed by atoms with van der Waals surface area (Å²) in [5.41, 5.74) is 1.24. The van der Waals surface area contributed by atoms with Crippen LogP contribution < -0.4 is 0 Å². The zero-order valence-electron chi connectivity index (χ0n) is 10.3. The number of ketones is 1. The molecule has 2 rings (SSSR count). The van der Waals surface area contributed by atoms with Crippen molar-refractivity contribution in [2.24, 2.45) is 5.92 Å². The maximum absolute atomic E-state index is 11.4. The standard InChI is InChI=1S/C15H18O3/c16-14(15(17)18)10-12-8-4-5-9-13(12)11-6-2-1-3-7-11/h1-3,6-7,12-13H,4-5,8-10H2,(H,17,18). The van der Waals surface area contributed by atoms with Crippen LogP contribution in [0.4, 0.5) is 0 Å². The lowest BCUT2D eigenvalue weighted by Gasteiger charge is -2.31. The van der Waals surface area contributed by atoms with Crippen LogP contribution in [0.1, 0.15) is 43.6 Å². The lowest BCUT2D eigenvalue weighted by molar-refractivity contribution is -0.149. The zero-order valence-corrected chi connectivity index (χ0v) is 10.3. The van der Waals surface area contributed by atoms with Gasteiger partial charge in [0, 0.05) is 6.42 Å². The molecule has 0 aliphatic heterocycles. The molecule has 1 fully saturated rings. The summed E-state index contributed by atoms with van der Waals surface area (Å²) in [4.78, 5) is 22.1. The Labute approximate surface area is 107 Å². The third-order valence-electron chi connectivity index (χ3n) is 3.82. The fourth-order valence-corrected chi connectivity index (χ4v) is 2.92. The van der Waals surface area contributed by atoms with E-state index in [1.54, 1.807) is 0 Å². The van der Waals surface area contributed by atoms with E-state index in [4.69, 9.17) is 5.11 Å². The van der Waals surface area contributed by atoms with Crippen LogP contribution in [0.5, 0.6) is 0 Å². The van der Waals surface area contributed by atoms with Gasteiger partial charge in [0.05, 0.1) is 0 Å². The maximum Gasteiger partial charge on any atom is 0.372 e. The summed E-state index contributed by atoms with van der Waals surface area (Å²) in [6, 6.07) is 10.1. The van der Waals surface area contributed by atoms with E-state index >= 15 is 0 Å². The predicted molar refractivity (Wildman–Crippen MR) is 68.4 cm³/mol. The highest BCUT2D eigenvalue weighted by Crippen LogP contribution is 2.39. The predicted octanol–water partition coefficient (Wildman–Crippen LogP) is 3.00. The normalized spacial score (nSPS) is 23.6. The Balaban J connectivity index is 2.11. The molecule has 0 amide bonds. The number of hydrogen-bond acceptors (Lipinski definition) is 2. The van der Waals surface area contributed by atoms with E-state index in [0.717, 1.165) is 25.7 Å². The second-order valence-corrected chi connectivity index (χ2v) is 4.99. The number of carbonyl (C=O) groups is 2. The van der Waals surface area contributed by atoms with Crippen molar-refractivity contribution in [3.8, 4) is 0 Å². The van der Waals surface area contributed by atoms with Crippen molar-refractivity contribution in [1.82, 2.24) is 0 Å². The summed E-state index contributed by atoms with van der Waals surface area (Å²) in [5, 5.41) is 8.72. The highest BCUT2D eigenvalue weighted by molar-refractivity contribution is 6.32. The van der Waals surface area contributed by atoms with Gasteiger partial charge in [-0.15, -0.1) is 0 Å². The molecule has 0 bridgehead atoms. The molecule has 1 aliphatic carbocycles. The van der Waals surface area contributed by atoms with Gasteiger partial charge in [0.2, 0.25) is 5.78 Å². The van der Waals surface area contributed by atoms with E-state index in [1.165, 1.54) is 5.56 Å². The van der Waals surface area contributed by atoms with Crippen molar-refractivity contribution in [3.05, 3.63) is 35.9 Å². The lowest BCUT2D eigenvalue weighted by atomic mass is 9.73. The topological polar surface area (TPSA) is 54.4 Å². The Hall–Kier alpha value is -1.64. The van der Waals surface area contributed by atoms with Crippen LogP contribution >= 0.6 is 0 Å². The fourth-order valence-electron chi connectivity index (χ4n) is 2.92. The van der Waals surface area contributed by atoms with Crippen LogP contribution in [0.15, 0.2) is 30.3 Å². The molecule has 0 heterocycles. The monoisotopic (exact) mass is 246 g/mol. The Bertz CT molecular complexity index is 425. The molecule has 3 heteroatoms. The number of benzene rings is 1. The molecule has 1 aliphatic rings. The zero-order chi connectivity index (χ0) is 13.0. The summed E-state index contributed by atoms with van der Waals surface area (Å²) in [5.74, 6) is -1.43. The molecular weight excluding hydrogens is 228 g/mol. The SMILES string of the molecule is O=C(O)C(=O)CC1CCCCC1c1ccccc1. The van der Waals surface area contributed by atoms with Crippen molar-refractivity contribution in [1.29, 1.82) is 0 Å². The molecule has 3 nitrogen and oxygen atoms in total. The van der Waals surface area contributed by atoms with Crippen molar-refractivity contribution < 1.29 is 14.7 Å². The third kappa shape index (κ3) is 2.97. The average molecular weight is 246 g/mol. The van der Waals surface area contributed by atoms with Gasteiger partial charge in [-0.1, -0.05) is 43.2 Å². The highest BCUT2D eigenvalue weighted by atomic mass is 16.4. The fraction of sp³-hybridized carbons (Fsp3) is 0.467. The molecule has 1 aromatic carbocycles. The number of carboxylic acid groups (broad SMARTS) is 1. The molecule has 0 saturated heterocycles. The molecule has 2 unspecified atom stereocenters. The first kappa shape index (κ1) is 12.8. The Morgan fingerprint density at radius 1 is 1.11 bits per heavy atom. The number of hydrogen-bond donors (Lipinski definition) is 1. The van der Waals surface area contributed by atoms with Crippen LogP contribution in [-0.4, -0.2) is 16.9 Å². The maximum atomic E-state index is 11.4. The van der Waals surface area contributed by atoms with Gasteiger partial charge >= 0.3 is 5.97 Å². The van der Waals surface area contributed by atoms with E-state index in [2.05, 4.69) is 12.1 Å². The van der Waals surface area contributed by atoms with Gasteiger partial charge in [0.25, 0.3) is 0 Å². The minimum atomic E-state index is -1.30. The molecule has 96 valence electrons. The van der Waals surface area contributed by atoms with Gasteiger partial charge in [-0.2, -0.15) is 0 Å². The van der Waals surface area contributed by atoms with Gasteiger partial charge < -0.3 is 5.11 Å². The number of carboxylic acids is 1. The second-order valence-electron chi connectivity index (χ2n) is 4.99. The molecule has 1 saturated carbocycles. The van der Waals surface area contributed by atoms with Crippen LogP contribution in [0.3, 0.4) is 0 Å². The first-order valence-corrected chi connectivity index (χ1v) is 6.49. The first-order valence-electron chi connectivity index (χ1n) is 6.49. The van der Waals surface area contributed by atoms with E-state index in [9.17, 15) is 9.59 Å². The minimum Gasteiger partial charge on any atom is -0.476 e. The Morgan fingerprint density at radius 3 is 2.44 bits per heavy atom. The molecule has 0 spiro atoms. The van der Waals surface area contributed by atoms with Gasteiger partial charge in [-0.3, -0.25) is 4.79 Å². The molecule has 1 N–H and O–H groups in total. The van der Waals surface area contributed by atoms with Crippen LogP contribution in [-0.2, 0) is 9.59 Å². The number of carbonyl (C=O) groups excluding carboxylic acids is 1. The van der Waals surface area contributed by atoms with Crippen molar-refractivity contribution in [2.75, 3.05) is 0 Å². The molecule has 18 heavy (non-hydrogen) atoms. The quantitative estimate of drug-likeness (QED) is 0.831. The molecule has 1 aromatic rings. The van der Waals surface area contributed by atoms with E-state index < -0.39 is 11.8 Å². The second kappa shape index (κ2) is 5.80. The number of aliphatic carboxylic acids is 1. The Morgan fingerprint density at radius 2 is 1.78 bits per heavy atom. The number of Topliss-reactive ketones (excluding diaryl/α,β-unsaturated/α-hetero) is 1. The average Bonchev–Trinajstić information content (AvgIpc) is 2.40. The van der Waals surface area contributed by atoms with Crippen molar-refractivity contribution >= 4 is 11.8 Å². The van der Waals surface area contributed by atoms with E-state index in [-0.39, 0.29) is 12.3 Å². The Kier molecular flexibility index (Phi) is 4.13. The lowest BCUT2D eigenvalue weighted by Crippen LogP contribution is -2.24. The molecule has 2 atom stereocenters. The van der Waals surface area contributed by atoms with Gasteiger partial charge in [-0.05, 0) is 30.2 Å².